The Bertz CT molecular complexity index is 366. The SMILES string of the molecule is CC(C)(N)CC(=O)Nc1ccc(CCO)cc1. The molecular weight excluding hydrogens is 216 g/mol. The van der Waals surface area contributed by atoms with Crippen LogP contribution in [0.5, 0.6) is 0 Å². The Morgan fingerprint density at radius 2 is 1.94 bits per heavy atom. The lowest BCUT2D eigenvalue weighted by atomic mass is 10.0. The Labute approximate surface area is 102 Å². The van der Waals surface area contributed by atoms with Crippen LogP contribution in [0.2, 0.25) is 0 Å². The molecule has 1 rings (SSSR count). The largest absolute Gasteiger partial charge is 0.396 e. The van der Waals surface area contributed by atoms with Gasteiger partial charge in [0, 0.05) is 24.3 Å². The molecule has 0 radical (unpaired) electrons. The molecule has 0 aromatic heterocycles. The number of nitrogens with two attached hydrogens (primary N) is 1. The molecule has 1 aromatic carbocycles. The number of carbonyl (C=O) groups is 1. The van der Waals surface area contributed by atoms with Crippen LogP contribution in [-0.4, -0.2) is 23.2 Å². The van der Waals surface area contributed by atoms with Crippen LogP contribution in [0.25, 0.3) is 0 Å². The summed E-state index contributed by atoms with van der Waals surface area (Å²) >= 11 is 0. The van der Waals surface area contributed by atoms with Gasteiger partial charge in [0.1, 0.15) is 0 Å². The summed E-state index contributed by atoms with van der Waals surface area (Å²) in [5.41, 5.74) is 7.06. The molecule has 1 amide bonds. The highest BCUT2D eigenvalue weighted by Gasteiger charge is 2.16. The first-order valence-corrected chi connectivity index (χ1v) is 5.69. The molecule has 1 aromatic rings. The summed E-state index contributed by atoms with van der Waals surface area (Å²) in [6.07, 6.45) is 0.912. The van der Waals surface area contributed by atoms with Gasteiger partial charge in [0.15, 0.2) is 0 Å². The molecule has 0 aliphatic carbocycles. The minimum absolute atomic E-state index is 0.0904. The number of anilines is 1. The number of amides is 1. The van der Waals surface area contributed by atoms with Gasteiger partial charge in [0.2, 0.25) is 5.91 Å². The molecule has 4 N–H and O–H groups in total. The van der Waals surface area contributed by atoms with E-state index in [1.165, 1.54) is 0 Å². The first kappa shape index (κ1) is 13.7. The van der Waals surface area contributed by atoms with E-state index in [9.17, 15) is 4.79 Å². The Kier molecular flexibility index (Phi) is 4.66. The number of carbonyl (C=O) groups excluding carboxylic acids is 1. The average molecular weight is 236 g/mol. The Balaban J connectivity index is 2.54. The Morgan fingerprint density at radius 3 is 2.41 bits per heavy atom. The van der Waals surface area contributed by atoms with Crippen molar-refractivity contribution in [2.45, 2.75) is 32.2 Å². The molecule has 0 saturated carbocycles. The first-order chi connectivity index (χ1) is 7.90. The fourth-order valence-corrected chi connectivity index (χ4v) is 1.50. The maximum Gasteiger partial charge on any atom is 0.226 e. The minimum Gasteiger partial charge on any atom is -0.396 e. The molecule has 4 heteroatoms. The van der Waals surface area contributed by atoms with E-state index >= 15 is 0 Å². The molecule has 0 spiro atoms. The van der Waals surface area contributed by atoms with Crippen molar-refractivity contribution in [2.75, 3.05) is 11.9 Å². The fourth-order valence-electron chi connectivity index (χ4n) is 1.50. The maximum absolute atomic E-state index is 11.6. The van der Waals surface area contributed by atoms with E-state index < -0.39 is 5.54 Å². The first-order valence-electron chi connectivity index (χ1n) is 5.69. The summed E-state index contributed by atoms with van der Waals surface area (Å²) in [7, 11) is 0. The highest BCUT2D eigenvalue weighted by molar-refractivity contribution is 5.91. The zero-order valence-electron chi connectivity index (χ0n) is 10.4. The number of hydrogen-bond donors (Lipinski definition) is 3. The minimum atomic E-state index is -0.499. The lowest BCUT2D eigenvalue weighted by Crippen LogP contribution is -2.36. The van der Waals surface area contributed by atoms with Gasteiger partial charge in [-0.2, -0.15) is 0 Å². The number of hydrogen-bond acceptors (Lipinski definition) is 3. The summed E-state index contributed by atoms with van der Waals surface area (Å²) in [5, 5.41) is 11.6. The lowest BCUT2D eigenvalue weighted by molar-refractivity contribution is -0.117. The topological polar surface area (TPSA) is 75.4 Å². The fraction of sp³-hybridized carbons (Fsp3) is 0.462. The Morgan fingerprint density at radius 1 is 1.35 bits per heavy atom. The normalized spacial score (nSPS) is 11.3. The second-order valence-electron chi connectivity index (χ2n) is 4.88. The second kappa shape index (κ2) is 5.80. The van der Waals surface area contributed by atoms with Crippen molar-refractivity contribution in [2.24, 2.45) is 5.73 Å². The van der Waals surface area contributed by atoms with E-state index in [1.807, 2.05) is 38.1 Å². The van der Waals surface area contributed by atoms with Crippen molar-refractivity contribution in [3.63, 3.8) is 0 Å². The average Bonchev–Trinajstić information content (AvgIpc) is 2.18. The van der Waals surface area contributed by atoms with Crippen molar-refractivity contribution in [1.29, 1.82) is 0 Å². The van der Waals surface area contributed by atoms with Crippen molar-refractivity contribution in [1.82, 2.24) is 0 Å². The number of nitrogens with one attached hydrogen (secondary N) is 1. The Hall–Kier alpha value is -1.39. The second-order valence-corrected chi connectivity index (χ2v) is 4.88. The van der Waals surface area contributed by atoms with Gasteiger partial charge in [-0.05, 0) is 38.0 Å². The zero-order chi connectivity index (χ0) is 12.9. The summed E-state index contributed by atoms with van der Waals surface area (Å²) in [6, 6.07) is 7.43. The highest BCUT2D eigenvalue weighted by Crippen LogP contribution is 2.12. The van der Waals surface area contributed by atoms with E-state index in [-0.39, 0.29) is 18.9 Å². The smallest absolute Gasteiger partial charge is 0.226 e. The molecule has 0 aliphatic heterocycles. The van der Waals surface area contributed by atoms with Gasteiger partial charge in [-0.3, -0.25) is 4.79 Å². The quantitative estimate of drug-likeness (QED) is 0.721. The third-order valence-electron chi connectivity index (χ3n) is 2.25. The van der Waals surface area contributed by atoms with Crippen LogP contribution in [0, 0.1) is 0 Å². The molecule has 0 saturated heterocycles. The van der Waals surface area contributed by atoms with Crippen LogP contribution in [0.15, 0.2) is 24.3 Å². The predicted molar refractivity (Wildman–Crippen MR) is 68.7 cm³/mol. The molecule has 0 aliphatic rings. The van der Waals surface area contributed by atoms with E-state index in [0.29, 0.717) is 6.42 Å². The maximum atomic E-state index is 11.6. The van der Waals surface area contributed by atoms with Crippen LogP contribution < -0.4 is 11.1 Å². The van der Waals surface area contributed by atoms with Crippen LogP contribution >= 0.6 is 0 Å². The van der Waals surface area contributed by atoms with Crippen molar-refractivity contribution >= 4 is 11.6 Å². The summed E-state index contributed by atoms with van der Waals surface area (Å²) in [6.45, 7) is 3.76. The summed E-state index contributed by atoms with van der Waals surface area (Å²) in [5.74, 6) is -0.0904. The monoisotopic (exact) mass is 236 g/mol. The van der Waals surface area contributed by atoms with Gasteiger partial charge < -0.3 is 16.2 Å². The van der Waals surface area contributed by atoms with Crippen LogP contribution in [0.4, 0.5) is 5.69 Å². The predicted octanol–water partition coefficient (Wildman–Crippen LogP) is 1.29. The van der Waals surface area contributed by atoms with Crippen molar-refractivity contribution < 1.29 is 9.90 Å². The lowest BCUT2D eigenvalue weighted by Gasteiger charge is -2.17. The summed E-state index contributed by atoms with van der Waals surface area (Å²) in [4.78, 5) is 11.6. The van der Waals surface area contributed by atoms with Crippen LogP contribution in [0.1, 0.15) is 25.8 Å². The zero-order valence-corrected chi connectivity index (χ0v) is 10.4. The van der Waals surface area contributed by atoms with Gasteiger partial charge in [-0.25, -0.2) is 0 Å². The number of aliphatic hydroxyl groups excluding tert-OH is 1. The number of benzene rings is 1. The van der Waals surface area contributed by atoms with E-state index in [2.05, 4.69) is 5.32 Å². The standard InChI is InChI=1S/C13H20N2O2/c1-13(2,14)9-12(17)15-11-5-3-10(4-6-11)7-8-16/h3-6,16H,7-9,14H2,1-2H3,(H,15,17). The molecule has 0 bridgehead atoms. The third-order valence-corrected chi connectivity index (χ3v) is 2.25. The number of aliphatic hydroxyl groups is 1. The molecule has 0 fully saturated rings. The molecule has 17 heavy (non-hydrogen) atoms. The third kappa shape index (κ3) is 5.47. The number of rotatable bonds is 5. The molecule has 0 atom stereocenters. The molecule has 4 nitrogen and oxygen atoms in total. The van der Waals surface area contributed by atoms with Crippen LogP contribution in [-0.2, 0) is 11.2 Å². The van der Waals surface area contributed by atoms with Crippen LogP contribution in [0.3, 0.4) is 0 Å². The van der Waals surface area contributed by atoms with Gasteiger partial charge in [-0.1, -0.05) is 12.1 Å². The summed E-state index contributed by atoms with van der Waals surface area (Å²) < 4.78 is 0. The van der Waals surface area contributed by atoms with Crippen molar-refractivity contribution in [3.05, 3.63) is 29.8 Å². The molecule has 0 heterocycles. The molecule has 0 unspecified atom stereocenters. The van der Waals surface area contributed by atoms with Crippen molar-refractivity contribution in [3.8, 4) is 0 Å². The van der Waals surface area contributed by atoms with E-state index in [0.717, 1.165) is 11.3 Å². The van der Waals surface area contributed by atoms with Gasteiger partial charge in [-0.15, -0.1) is 0 Å². The van der Waals surface area contributed by atoms with E-state index in [4.69, 9.17) is 10.8 Å². The van der Waals surface area contributed by atoms with Gasteiger partial charge in [0.05, 0.1) is 0 Å². The molecule has 94 valence electrons. The van der Waals surface area contributed by atoms with Gasteiger partial charge in [0.25, 0.3) is 0 Å². The molecular formula is C13H20N2O2. The van der Waals surface area contributed by atoms with E-state index in [1.54, 1.807) is 0 Å². The van der Waals surface area contributed by atoms with Gasteiger partial charge >= 0.3 is 0 Å². The highest BCUT2D eigenvalue weighted by atomic mass is 16.2.